The maximum atomic E-state index is 14.2. The van der Waals surface area contributed by atoms with Gasteiger partial charge in [-0.25, -0.2) is 13.3 Å². The summed E-state index contributed by atoms with van der Waals surface area (Å²) in [7, 11) is 5.89. The highest BCUT2D eigenvalue weighted by atomic mass is 32.7. The van der Waals surface area contributed by atoms with Crippen LogP contribution in [0, 0.1) is 0 Å². The molecule has 0 bridgehead atoms. The van der Waals surface area contributed by atoms with E-state index < -0.39 is 55.6 Å². The topological polar surface area (TPSA) is 72.5 Å². The number of hydrogen-bond acceptors (Lipinski definition) is 7. The van der Waals surface area contributed by atoms with Gasteiger partial charge in [0.25, 0.3) is 0 Å². The van der Waals surface area contributed by atoms with Gasteiger partial charge in [-0.1, -0.05) is 12.2 Å². The largest absolute Gasteiger partial charge is 0.386 e. The molecule has 0 aromatic rings. The average Bonchev–Trinajstić information content (AvgIpc) is 2.97. The van der Waals surface area contributed by atoms with Crippen molar-refractivity contribution >= 4 is 34.7 Å². The van der Waals surface area contributed by atoms with Gasteiger partial charge in [0.2, 0.25) is 0 Å². The van der Waals surface area contributed by atoms with Gasteiger partial charge in [0, 0.05) is 14.2 Å². The molecule has 0 amide bonds. The number of ether oxygens (including phenoxy) is 4. The summed E-state index contributed by atoms with van der Waals surface area (Å²) < 4.78 is 71.8. The van der Waals surface area contributed by atoms with Gasteiger partial charge < -0.3 is 18.9 Å². The van der Waals surface area contributed by atoms with E-state index >= 15 is 0 Å². The monoisotopic (exact) mass is 402 g/mol. The predicted octanol–water partition coefficient (Wildman–Crippen LogP) is -0.520. The summed E-state index contributed by atoms with van der Waals surface area (Å²) in [6.45, 7) is -4.13. The van der Waals surface area contributed by atoms with Gasteiger partial charge in [0.15, 0.2) is 0 Å². The van der Waals surface area contributed by atoms with E-state index in [1.54, 1.807) is 15.7 Å². The lowest BCUT2D eigenvalue weighted by Gasteiger charge is -2.24. The Morgan fingerprint density at radius 3 is 2.08 bits per heavy atom. The zero-order valence-corrected chi connectivity index (χ0v) is 16.3. The quantitative estimate of drug-likeness (QED) is 0.333. The normalized spacial score (nSPS) is 44.0. The molecular formula is C12H23B2F2O7PS. The second kappa shape index (κ2) is 9.01. The van der Waals surface area contributed by atoms with Gasteiger partial charge in [-0.15, -0.1) is 0 Å². The zero-order chi connectivity index (χ0) is 18.8. The predicted molar refractivity (Wildman–Crippen MR) is 94.3 cm³/mol. The molecule has 2 heterocycles. The molecule has 3 unspecified atom stereocenters. The van der Waals surface area contributed by atoms with Gasteiger partial charge >= 0.3 is 6.80 Å². The fraction of sp³-hybridized carbons (Fsp3) is 1.00. The first-order valence-corrected chi connectivity index (χ1v) is 10.7. The van der Waals surface area contributed by atoms with Crippen molar-refractivity contribution in [3.63, 3.8) is 0 Å². The van der Waals surface area contributed by atoms with E-state index in [0.717, 1.165) is 0 Å². The highest BCUT2D eigenvalue weighted by molar-refractivity contribution is 8.44. The third-order valence-corrected chi connectivity index (χ3v) is 5.91. The van der Waals surface area contributed by atoms with Crippen LogP contribution in [0.2, 0.25) is 0 Å². The van der Waals surface area contributed by atoms with E-state index in [2.05, 4.69) is 12.2 Å². The summed E-state index contributed by atoms with van der Waals surface area (Å²) in [6, 6.07) is -1.41. The molecule has 2 aliphatic heterocycles. The molecule has 2 fully saturated rings. The molecule has 2 rings (SSSR count). The van der Waals surface area contributed by atoms with Gasteiger partial charge in [-0.3, -0.25) is 9.05 Å². The Balaban J connectivity index is 1.94. The highest BCUT2D eigenvalue weighted by Gasteiger charge is 2.48. The Hall–Kier alpha value is 0.330. The number of hydrogen-bond donors (Lipinski definition) is 1. The van der Waals surface area contributed by atoms with Crippen molar-refractivity contribution in [3.8, 4) is 0 Å². The zero-order valence-electron chi connectivity index (χ0n) is 14.5. The molecule has 0 aromatic heterocycles. The van der Waals surface area contributed by atoms with E-state index in [9.17, 15) is 13.3 Å². The second-order valence-electron chi connectivity index (χ2n) is 6.14. The molecule has 0 aromatic carbocycles. The van der Waals surface area contributed by atoms with Crippen LogP contribution >= 0.6 is 19.0 Å². The SMILES string of the molecule is B[C@@H]1O[C@H](COP(=O)(S)O[C@@H]2C(F)[C@H](B)O[C@@H]2COC)[C@H](OC)C1F. The fourth-order valence-electron chi connectivity index (χ4n) is 2.99. The van der Waals surface area contributed by atoms with E-state index in [-0.39, 0.29) is 13.2 Å². The molecule has 13 heteroatoms. The molecular weight excluding hydrogens is 379 g/mol. The fourth-order valence-corrected chi connectivity index (χ4v) is 4.48. The molecule has 144 valence electrons. The lowest BCUT2D eigenvalue weighted by Crippen LogP contribution is -2.35. The summed E-state index contributed by atoms with van der Waals surface area (Å²) in [4.78, 5) is 0. The maximum absolute atomic E-state index is 14.2. The smallest absolute Gasteiger partial charge is 0.382 e. The van der Waals surface area contributed by atoms with Crippen LogP contribution in [0.5, 0.6) is 0 Å². The number of alkyl halides is 2. The third kappa shape index (κ3) is 5.19. The van der Waals surface area contributed by atoms with Crippen molar-refractivity contribution < 1.29 is 41.3 Å². The molecule has 0 radical (unpaired) electrons. The van der Waals surface area contributed by atoms with Crippen LogP contribution in [-0.2, 0) is 32.6 Å². The molecule has 0 aliphatic carbocycles. The standard InChI is InChI=1S/C12H23B2F2O7PS/c1-18-3-5-10(8(16)12(14)21-5)23-24(17,25)20-4-6-9(19-2)7(15)11(13)22-6/h5-12H,3-4,13-14H2,1-2H3,(H,17,25)/t5-,6-,7?,8?,9+,10+,11-,12-,24?/m1/s1. The third-order valence-electron chi connectivity index (χ3n) is 4.30. The first-order chi connectivity index (χ1) is 11.7. The van der Waals surface area contributed by atoms with Gasteiger partial charge in [-0.2, -0.15) is 0 Å². The first-order valence-electron chi connectivity index (χ1n) is 7.96. The van der Waals surface area contributed by atoms with Crippen LogP contribution in [0.25, 0.3) is 0 Å². The maximum Gasteiger partial charge on any atom is 0.386 e. The van der Waals surface area contributed by atoms with E-state index in [1.807, 2.05) is 0 Å². The molecule has 0 saturated carbocycles. The van der Waals surface area contributed by atoms with Crippen LogP contribution in [0.1, 0.15) is 0 Å². The van der Waals surface area contributed by atoms with Crippen molar-refractivity contribution in [1.29, 1.82) is 0 Å². The average molecular weight is 402 g/mol. The van der Waals surface area contributed by atoms with Gasteiger partial charge in [-0.05, 0) is 0 Å². The van der Waals surface area contributed by atoms with Crippen LogP contribution in [0.15, 0.2) is 0 Å². The van der Waals surface area contributed by atoms with Crippen LogP contribution in [0.4, 0.5) is 8.78 Å². The van der Waals surface area contributed by atoms with E-state index in [0.29, 0.717) is 0 Å². The van der Waals surface area contributed by atoms with Gasteiger partial charge in [0.1, 0.15) is 52.5 Å². The molecule has 2 saturated heterocycles. The summed E-state index contributed by atoms with van der Waals surface area (Å²) in [6.07, 6.45) is -6.34. The summed E-state index contributed by atoms with van der Waals surface area (Å²) in [5.74, 6) is 0. The minimum atomic E-state index is -3.93. The number of halogens is 2. The number of methoxy groups -OCH3 is 2. The van der Waals surface area contributed by atoms with Crippen molar-refractivity contribution in [1.82, 2.24) is 0 Å². The summed E-state index contributed by atoms with van der Waals surface area (Å²) in [5.41, 5.74) is 0. The highest BCUT2D eigenvalue weighted by Crippen LogP contribution is 2.56. The van der Waals surface area contributed by atoms with Crippen molar-refractivity contribution in [2.24, 2.45) is 0 Å². The van der Waals surface area contributed by atoms with E-state index in [1.165, 1.54) is 14.2 Å². The summed E-state index contributed by atoms with van der Waals surface area (Å²) >= 11 is 3.88. The minimum Gasteiger partial charge on any atom is -0.382 e. The van der Waals surface area contributed by atoms with Crippen LogP contribution in [0.3, 0.4) is 0 Å². The number of rotatable bonds is 8. The lowest BCUT2D eigenvalue weighted by molar-refractivity contribution is -0.0304. The first kappa shape index (κ1) is 21.6. The van der Waals surface area contributed by atoms with Crippen molar-refractivity contribution in [2.75, 3.05) is 27.4 Å². The minimum absolute atomic E-state index is 0.0712. The molecule has 0 spiro atoms. The molecule has 9 atom stereocenters. The molecule has 7 nitrogen and oxygen atoms in total. The van der Waals surface area contributed by atoms with Crippen molar-refractivity contribution in [2.45, 2.75) is 48.8 Å². The van der Waals surface area contributed by atoms with Gasteiger partial charge in [0.05, 0.1) is 25.2 Å². The number of thiol groups is 1. The van der Waals surface area contributed by atoms with E-state index in [4.69, 9.17) is 28.0 Å². The Labute approximate surface area is 152 Å². The second-order valence-corrected chi connectivity index (χ2v) is 9.01. The Morgan fingerprint density at radius 2 is 1.56 bits per heavy atom. The van der Waals surface area contributed by atoms with Crippen LogP contribution in [-0.4, -0.2) is 91.9 Å². The molecule has 0 N–H and O–H groups in total. The van der Waals surface area contributed by atoms with Crippen molar-refractivity contribution in [3.05, 3.63) is 0 Å². The lowest BCUT2D eigenvalue weighted by atomic mass is 9.94. The molecule has 2 aliphatic rings. The summed E-state index contributed by atoms with van der Waals surface area (Å²) in [5, 5.41) is 0. The Bertz CT molecular complexity index is 496. The molecule has 25 heavy (non-hydrogen) atoms. The Kier molecular flexibility index (Phi) is 7.80. The Morgan fingerprint density at radius 1 is 1.04 bits per heavy atom. The van der Waals surface area contributed by atoms with Crippen LogP contribution < -0.4 is 0 Å².